The fourth-order valence-electron chi connectivity index (χ4n) is 4.06. The Morgan fingerprint density at radius 3 is 2.29 bits per heavy atom. The first kappa shape index (κ1) is 20.6. The lowest BCUT2D eigenvalue weighted by atomic mass is 9.72. The Morgan fingerprint density at radius 1 is 1.00 bits per heavy atom. The van der Waals surface area contributed by atoms with Gasteiger partial charge in [0.2, 0.25) is 0 Å². The summed E-state index contributed by atoms with van der Waals surface area (Å²) in [7, 11) is 0. The Kier molecular flexibility index (Phi) is 5.23. The first-order valence-electron chi connectivity index (χ1n) is 10.0. The van der Waals surface area contributed by atoms with E-state index in [4.69, 9.17) is 0 Å². The van der Waals surface area contributed by atoms with Gasteiger partial charge in [0.1, 0.15) is 5.82 Å². The van der Waals surface area contributed by atoms with Gasteiger partial charge in [-0.25, -0.2) is 9.18 Å². The van der Waals surface area contributed by atoms with Crippen molar-refractivity contribution in [2.24, 2.45) is 5.41 Å². The van der Waals surface area contributed by atoms with Crippen molar-refractivity contribution >= 4 is 23.3 Å². The van der Waals surface area contributed by atoms with Crippen molar-refractivity contribution in [3.05, 3.63) is 94.8 Å². The number of benzene rings is 3. The molecule has 5 nitrogen and oxygen atoms in total. The van der Waals surface area contributed by atoms with Crippen molar-refractivity contribution in [2.75, 3.05) is 10.6 Å². The molecule has 3 aromatic rings. The monoisotopic (exact) mass is 418 g/mol. The van der Waals surface area contributed by atoms with Crippen LogP contribution in [0.4, 0.5) is 15.8 Å². The highest BCUT2D eigenvalue weighted by atomic mass is 19.1. The number of nitrogens with one attached hydrogen (secondary N) is 2. The molecule has 0 saturated carbocycles. The molecule has 1 heterocycles. The van der Waals surface area contributed by atoms with Gasteiger partial charge < -0.3 is 15.7 Å². The summed E-state index contributed by atoms with van der Waals surface area (Å²) in [6.45, 7) is 4.29. The number of halogens is 1. The number of carboxylic acid groups (broad SMARTS) is 1. The molecule has 0 saturated heterocycles. The van der Waals surface area contributed by atoms with Gasteiger partial charge in [-0.3, -0.25) is 4.79 Å². The van der Waals surface area contributed by atoms with E-state index in [0.717, 1.165) is 23.2 Å². The Labute approximate surface area is 179 Å². The maximum absolute atomic E-state index is 13.0. The Balaban J connectivity index is 1.52. The highest BCUT2D eigenvalue weighted by molar-refractivity contribution is 6.04. The van der Waals surface area contributed by atoms with Gasteiger partial charge in [-0.1, -0.05) is 26.0 Å². The molecule has 0 aliphatic carbocycles. The fourth-order valence-corrected chi connectivity index (χ4v) is 4.06. The van der Waals surface area contributed by atoms with Crippen molar-refractivity contribution in [2.45, 2.75) is 26.3 Å². The minimum atomic E-state index is -0.930. The number of rotatable bonds is 4. The van der Waals surface area contributed by atoms with Gasteiger partial charge >= 0.3 is 5.97 Å². The van der Waals surface area contributed by atoms with E-state index >= 15 is 0 Å². The van der Waals surface area contributed by atoms with Gasteiger partial charge in [0.15, 0.2) is 0 Å². The van der Waals surface area contributed by atoms with E-state index in [0.29, 0.717) is 11.3 Å². The number of anilines is 2. The summed E-state index contributed by atoms with van der Waals surface area (Å²) < 4.78 is 13.0. The molecule has 1 aliphatic heterocycles. The third kappa shape index (κ3) is 4.28. The van der Waals surface area contributed by atoms with E-state index in [1.165, 1.54) is 24.3 Å². The van der Waals surface area contributed by atoms with Crippen molar-refractivity contribution in [1.82, 2.24) is 0 Å². The Bertz CT molecular complexity index is 1140. The number of carbonyl (C=O) groups excluding carboxylic acids is 1. The van der Waals surface area contributed by atoms with Crippen molar-refractivity contribution in [3.8, 4) is 0 Å². The first-order chi connectivity index (χ1) is 14.7. The molecular weight excluding hydrogens is 395 g/mol. The molecule has 1 unspecified atom stereocenters. The summed E-state index contributed by atoms with van der Waals surface area (Å²) in [5.74, 6) is -1.61. The van der Waals surface area contributed by atoms with Gasteiger partial charge in [0.05, 0.1) is 11.6 Å². The first-order valence-corrected chi connectivity index (χ1v) is 10.0. The minimum Gasteiger partial charge on any atom is -0.478 e. The molecule has 0 radical (unpaired) electrons. The van der Waals surface area contributed by atoms with E-state index in [2.05, 4.69) is 24.5 Å². The zero-order valence-electron chi connectivity index (χ0n) is 17.3. The van der Waals surface area contributed by atoms with Crippen LogP contribution in [0, 0.1) is 11.2 Å². The molecule has 1 aliphatic rings. The number of aromatic carboxylic acids is 1. The molecule has 1 amide bonds. The zero-order chi connectivity index (χ0) is 22.2. The summed E-state index contributed by atoms with van der Waals surface area (Å²) >= 11 is 0. The third-order valence-corrected chi connectivity index (χ3v) is 5.69. The summed E-state index contributed by atoms with van der Waals surface area (Å²) in [5.41, 5.74) is 4.17. The average Bonchev–Trinajstić information content (AvgIpc) is 2.73. The number of carbonyl (C=O) groups is 2. The topological polar surface area (TPSA) is 78.4 Å². The predicted octanol–water partition coefficient (Wildman–Crippen LogP) is 5.51. The number of fused-ring (bicyclic) bond motifs is 1. The van der Waals surface area contributed by atoms with E-state index in [-0.39, 0.29) is 28.7 Å². The fraction of sp³-hybridized carbons (Fsp3) is 0.200. The van der Waals surface area contributed by atoms with Crippen LogP contribution in [-0.4, -0.2) is 17.0 Å². The maximum Gasteiger partial charge on any atom is 0.335 e. The Hall–Kier alpha value is -3.67. The van der Waals surface area contributed by atoms with Crippen LogP contribution in [0.1, 0.15) is 51.7 Å². The molecule has 3 aromatic carbocycles. The van der Waals surface area contributed by atoms with Crippen molar-refractivity contribution in [3.63, 3.8) is 0 Å². The quantitative estimate of drug-likeness (QED) is 0.522. The largest absolute Gasteiger partial charge is 0.478 e. The number of amides is 1. The molecule has 6 heteroatoms. The van der Waals surface area contributed by atoms with Crippen LogP contribution >= 0.6 is 0 Å². The smallest absolute Gasteiger partial charge is 0.335 e. The third-order valence-electron chi connectivity index (χ3n) is 5.69. The highest BCUT2D eigenvalue weighted by Gasteiger charge is 2.36. The van der Waals surface area contributed by atoms with Crippen LogP contribution in [-0.2, 0) is 6.42 Å². The highest BCUT2D eigenvalue weighted by Crippen LogP contribution is 2.45. The van der Waals surface area contributed by atoms with E-state index < -0.39 is 5.97 Å². The molecule has 0 fully saturated rings. The van der Waals surface area contributed by atoms with Crippen molar-refractivity contribution < 1.29 is 19.1 Å². The maximum atomic E-state index is 13.0. The lowest BCUT2D eigenvalue weighted by Gasteiger charge is -2.41. The van der Waals surface area contributed by atoms with E-state index in [9.17, 15) is 19.1 Å². The van der Waals surface area contributed by atoms with Crippen LogP contribution in [0.2, 0.25) is 0 Å². The number of carboxylic acids is 1. The lowest BCUT2D eigenvalue weighted by Crippen LogP contribution is -2.35. The van der Waals surface area contributed by atoms with E-state index in [1.54, 1.807) is 12.1 Å². The zero-order valence-corrected chi connectivity index (χ0v) is 17.3. The molecule has 158 valence electrons. The molecule has 0 bridgehead atoms. The number of hydrogen-bond donors (Lipinski definition) is 3. The SMILES string of the molecule is CC1(C)Cc2cc(C(=O)O)ccc2NC1c1ccc(NC(=O)c2ccc(F)cc2)cc1. The van der Waals surface area contributed by atoms with Gasteiger partial charge in [-0.2, -0.15) is 0 Å². The van der Waals surface area contributed by atoms with E-state index in [1.807, 2.05) is 30.3 Å². The molecule has 3 N–H and O–H groups in total. The van der Waals surface area contributed by atoms with Gasteiger partial charge in [0.25, 0.3) is 5.91 Å². The second kappa shape index (κ2) is 7.87. The summed E-state index contributed by atoms with van der Waals surface area (Å²) in [6, 6.07) is 18.2. The number of hydrogen-bond acceptors (Lipinski definition) is 3. The predicted molar refractivity (Wildman–Crippen MR) is 118 cm³/mol. The molecule has 0 spiro atoms. The molecule has 1 atom stereocenters. The van der Waals surface area contributed by atoms with Crippen LogP contribution < -0.4 is 10.6 Å². The van der Waals surface area contributed by atoms with Crippen LogP contribution in [0.15, 0.2) is 66.7 Å². The van der Waals surface area contributed by atoms with Gasteiger partial charge in [-0.15, -0.1) is 0 Å². The molecule has 4 rings (SSSR count). The Morgan fingerprint density at radius 2 is 1.65 bits per heavy atom. The second-order valence-electron chi connectivity index (χ2n) is 8.50. The van der Waals surface area contributed by atoms with Crippen LogP contribution in [0.3, 0.4) is 0 Å². The minimum absolute atomic E-state index is 0.0255. The second-order valence-corrected chi connectivity index (χ2v) is 8.50. The normalized spacial score (nSPS) is 16.7. The lowest BCUT2D eigenvalue weighted by molar-refractivity contribution is 0.0696. The summed E-state index contributed by atoms with van der Waals surface area (Å²) in [6.07, 6.45) is 0.740. The molecular formula is C25H23FN2O3. The van der Waals surface area contributed by atoms with Crippen molar-refractivity contribution in [1.29, 1.82) is 0 Å². The summed E-state index contributed by atoms with van der Waals surface area (Å²) in [4.78, 5) is 23.6. The van der Waals surface area contributed by atoms with Gasteiger partial charge in [0, 0.05) is 16.9 Å². The standard InChI is InChI=1S/C25H23FN2O3/c1-25(2)14-18-13-17(24(30)31)7-12-21(18)28-22(25)15-5-10-20(11-6-15)27-23(29)16-3-8-19(26)9-4-16/h3-13,22,28H,14H2,1-2H3,(H,27,29)(H,30,31). The summed E-state index contributed by atoms with van der Waals surface area (Å²) in [5, 5.41) is 15.6. The average molecular weight is 418 g/mol. The molecule has 0 aromatic heterocycles. The van der Waals surface area contributed by atoms with Crippen LogP contribution in [0.5, 0.6) is 0 Å². The van der Waals surface area contributed by atoms with Crippen LogP contribution in [0.25, 0.3) is 0 Å². The van der Waals surface area contributed by atoms with Gasteiger partial charge in [-0.05, 0) is 77.6 Å². The molecule has 31 heavy (non-hydrogen) atoms.